The molecule has 1 aliphatic rings. The lowest BCUT2D eigenvalue weighted by Crippen LogP contribution is -2.43. The molecular formula is C23H35N5O2. The summed E-state index contributed by atoms with van der Waals surface area (Å²) in [6.07, 6.45) is 2.48. The third-order valence-electron chi connectivity index (χ3n) is 6.16. The summed E-state index contributed by atoms with van der Waals surface area (Å²) in [6, 6.07) is 7.76. The molecule has 2 aromatic rings. The van der Waals surface area contributed by atoms with Gasteiger partial charge in [-0.25, -0.2) is 4.98 Å². The molecule has 1 aliphatic heterocycles. The smallest absolute Gasteiger partial charge is 0.293 e. The minimum atomic E-state index is -0.0458. The number of aromatic nitrogens is 2. The Morgan fingerprint density at radius 2 is 1.87 bits per heavy atom. The third kappa shape index (κ3) is 5.01. The number of hydrogen-bond acceptors (Lipinski definition) is 5. The maximum atomic E-state index is 13.0. The number of rotatable bonds is 9. The number of benzene rings is 1. The summed E-state index contributed by atoms with van der Waals surface area (Å²) in [5.74, 6) is 0.670. The quantitative estimate of drug-likeness (QED) is 0.640. The lowest BCUT2D eigenvalue weighted by atomic mass is 9.96. The number of para-hydroxylation sites is 2. The highest BCUT2D eigenvalue weighted by molar-refractivity contribution is 5.79. The molecule has 0 atom stereocenters. The van der Waals surface area contributed by atoms with Crippen LogP contribution < -0.4 is 15.8 Å². The van der Waals surface area contributed by atoms with Gasteiger partial charge in [0.2, 0.25) is 5.91 Å². The normalized spacial score (nSPS) is 15.1. The molecule has 1 fully saturated rings. The summed E-state index contributed by atoms with van der Waals surface area (Å²) < 4.78 is 1.78. The molecule has 0 spiro atoms. The molecule has 1 saturated heterocycles. The van der Waals surface area contributed by atoms with Crippen molar-refractivity contribution in [3.05, 3.63) is 34.6 Å². The number of carbonyl (C=O) groups is 1. The number of hydrogen-bond donors (Lipinski definition) is 1. The Balaban J connectivity index is 1.57. The molecule has 1 aromatic carbocycles. The van der Waals surface area contributed by atoms with E-state index in [1.807, 2.05) is 36.1 Å². The highest BCUT2D eigenvalue weighted by Crippen LogP contribution is 2.22. The molecule has 1 aromatic heterocycles. The predicted octanol–water partition coefficient (Wildman–Crippen LogP) is 2.48. The van der Waals surface area contributed by atoms with Crippen molar-refractivity contribution in [1.29, 1.82) is 0 Å². The predicted molar refractivity (Wildman–Crippen MR) is 122 cm³/mol. The van der Waals surface area contributed by atoms with Crippen molar-refractivity contribution < 1.29 is 4.79 Å². The van der Waals surface area contributed by atoms with E-state index in [0.717, 1.165) is 56.5 Å². The number of aryl methyl sites for hydroxylation is 1. The van der Waals surface area contributed by atoms with Crippen LogP contribution in [0.15, 0.2) is 29.1 Å². The fourth-order valence-corrected chi connectivity index (χ4v) is 4.25. The lowest BCUT2D eigenvalue weighted by Gasteiger charge is -2.32. The standard InChI is InChI=1S/C23H35N5O2/c1-4-26(5-2)15-9-14-24-22(29)18-12-16-27(17-13-18)21-23(30)28(6-3)20-11-8-7-10-19(20)25-21/h7-8,10-11,18H,4-6,9,12-17H2,1-3H3,(H,24,29). The van der Waals surface area contributed by atoms with Crippen LogP contribution in [0, 0.1) is 5.92 Å². The second-order valence-corrected chi connectivity index (χ2v) is 7.91. The molecule has 1 N–H and O–H groups in total. The average Bonchev–Trinajstić information content (AvgIpc) is 2.79. The maximum Gasteiger partial charge on any atom is 0.293 e. The minimum Gasteiger partial charge on any atom is -0.356 e. The Hall–Kier alpha value is -2.41. The van der Waals surface area contributed by atoms with E-state index in [0.29, 0.717) is 25.5 Å². The van der Waals surface area contributed by atoms with Crippen LogP contribution in [0.25, 0.3) is 11.0 Å². The first-order chi connectivity index (χ1) is 14.6. The van der Waals surface area contributed by atoms with Crippen LogP contribution in [-0.4, -0.2) is 59.6 Å². The minimum absolute atomic E-state index is 0.0172. The van der Waals surface area contributed by atoms with Crippen LogP contribution in [0.3, 0.4) is 0 Å². The Bertz CT molecular complexity index is 898. The van der Waals surface area contributed by atoms with E-state index in [4.69, 9.17) is 0 Å². The first-order valence-corrected chi connectivity index (χ1v) is 11.3. The molecule has 2 heterocycles. The number of nitrogens with zero attached hydrogens (tertiary/aromatic N) is 4. The van der Waals surface area contributed by atoms with E-state index in [-0.39, 0.29) is 17.4 Å². The van der Waals surface area contributed by atoms with Gasteiger partial charge in [0.15, 0.2) is 5.82 Å². The number of nitrogens with one attached hydrogen (secondary N) is 1. The Morgan fingerprint density at radius 1 is 1.17 bits per heavy atom. The zero-order valence-electron chi connectivity index (χ0n) is 18.6. The number of carbonyl (C=O) groups excluding carboxylic acids is 1. The molecule has 0 radical (unpaired) electrons. The van der Waals surface area contributed by atoms with E-state index in [2.05, 4.69) is 29.0 Å². The van der Waals surface area contributed by atoms with Crippen molar-refractivity contribution in [1.82, 2.24) is 19.8 Å². The molecule has 1 amide bonds. The number of amides is 1. The van der Waals surface area contributed by atoms with Crippen molar-refractivity contribution in [3.63, 3.8) is 0 Å². The average molecular weight is 414 g/mol. The number of piperidine rings is 1. The number of anilines is 1. The molecule has 0 aliphatic carbocycles. The Labute approximate surface area is 179 Å². The second kappa shape index (κ2) is 10.6. The summed E-state index contributed by atoms with van der Waals surface area (Å²) >= 11 is 0. The van der Waals surface area contributed by atoms with E-state index in [1.54, 1.807) is 4.57 Å². The van der Waals surface area contributed by atoms with Crippen LogP contribution in [0.5, 0.6) is 0 Å². The highest BCUT2D eigenvalue weighted by atomic mass is 16.2. The zero-order valence-corrected chi connectivity index (χ0v) is 18.6. The summed E-state index contributed by atoms with van der Waals surface area (Å²) in [5.41, 5.74) is 1.66. The molecule has 0 saturated carbocycles. The van der Waals surface area contributed by atoms with Gasteiger partial charge < -0.3 is 19.7 Å². The molecule has 0 bridgehead atoms. The van der Waals surface area contributed by atoms with E-state index < -0.39 is 0 Å². The largest absolute Gasteiger partial charge is 0.356 e. The lowest BCUT2D eigenvalue weighted by molar-refractivity contribution is -0.125. The number of fused-ring (bicyclic) bond motifs is 1. The first kappa shape index (κ1) is 22.3. The Morgan fingerprint density at radius 3 is 2.53 bits per heavy atom. The molecule has 3 rings (SSSR count). The van der Waals surface area contributed by atoms with Gasteiger partial charge in [0.05, 0.1) is 11.0 Å². The third-order valence-corrected chi connectivity index (χ3v) is 6.16. The van der Waals surface area contributed by atoms with Gasteiger partial charge in [0, 0.05) is 32.1 Å². The zero-order chi connectivity index (χ0) is 21.5. The molecule has 0 unspecified atom stereocenters. The second-order valence-electron chi connectivity index (χ2n) is 7.91. The van der Waals surface area contributed by atoms with Gasteiger partial charge in [-0.1, -0.05) is 26.0 Å². The highest BCUT2D eigenvalue weighted by Gasteiger charge is 2.27. The molecule has 7 heteroatoms. The summed E-state index contributed by atoms with van der Waals surface area (Å²) in [6.45, 7) is 12.1. The summed E-state index contributed by atoms with van der Waals surface area (Å²) in [5, 5.41) is 3.10. The van der Waals surface area contributed by atoms with Gasteiger partial charge in [0.25, 0.3) is 5.56 Å². The van der Waals surface area contributed by atoms with Crippen LogP contribution in [-0.2, 0) is 11.3 Å². The van der Waals surface area contributed by atoms with Crippen LogP contribution in [0.1, 0.15) is 40.0 Å². The maximum absolute atomic E-state index is 13.0. The van der Waals surface area contributed by atoms with E-state index in [1.165, 1.54) is 0 Å². The van der Waals surface area contributed by atoms with Crippen molar-refractivity contribution in [2.45, 2.75) is 46.6 Å². The van der Waals surface area contributed by atoms with Gasteiger partial charge in [-0.3, -0.25) is 9.59 Å². The summed E-state index contributed by atoms with van der Waals surface area (Å²) in [4.78, 5) is 34.6. The van der Waals surface area contributed by atoms with Gasteiger partial charge in [-0.05, 0) is 58.0 Å². The van der Waals surface area contributed by atoms with Crippen molar-refractivity contribution >= 4 is 22.8 Å². The molecule has 7 nitrogen and oxygen atoms in total. The van der Waals surface area contributed by atoms with Crippen molar-refractivity contribution in [2.75, 3.05) is 44.2 Å². The fraction of sp³-hybridized carbons (Fsp3) is 0.609. The van der Waals surface area contributed by atoms with Crippen molar-refractivity contribution in [2.24, 2.45) is 5.92 Å². The van der Waals surface area contributed by atoms with Gasteiger partial charge in [-0.2, -0.15) is 0 Å². The van der Waals surface area contributed by atoms with E-state index in [9.17, 15) is 9.59 Å². The van der Waals surface area contributed by atoms with Crippen LogP contribution in [0.2, 0.25) is 0 Å². The van der Waals surface area contributed by atoms with E-state index >= 15 is 0 Å². The van der Waals surface area contributed by atoms with Gasteiger partial charge in [0.1, 0.15) is 0 Å². The molecule has 30 heavy (non-hydrogen) atoms. The summed E-state index contributed by atoms with van der Waals surface area (Å²) in [7, 11) is 0. The molecule has 164 valence electrons. The Kier molecular flexibility index (Phi) is 7.85. The van der Waals surface area contributed by atoms with Crippen LogP contribution in [0.4, 0.5) is 5.82 Å². The van der Waals surface area contributed by atoms with Gasteiger partial charge >= 0.3 is 0 Å². The fourth-order valence-electron chi connectivity index (χ4n) is 4.25. The SMILES string of the molecule is CCN(CC)CCCNC(=O)C1CCN(c2nc3ccccc3n(CC)c2=O)CC1. The molecular weight excluding hydrogens is 378 g/mol. The first-order valence-electron chi connectivity index (χ1n) is 11.3. The topological polar surface area (TPSA) is 70.5 Å². The van der Waals surface area contributed by atoms with Crippen molar-refractivity contribution in [3.8, 4) is 0 Å². The van der Waals surface area contributed by atoms with Crippen LogP contribution >= 0.6 is 0 Å². The monoisotopic (exact) mass is 413 g/mol. The van der Waals surface area contributed by atoms with Gasteiger partial charge in [-0.15, -0.1) is 0 Å².